The Morgan fingerprint density at radius 1 is 0.829 bits per heavy atom. The van der Waals surface area contributed by atoms with Gasteiger partial charge in [0.1, 0.15) is 12.4 Å². The summed E-state index contributed by atoms with van der Waals surface area (Å²) in [6.07, 6.45) is 17.7. The average Bonchev–Trinajstić information content (AvgIpc) is 3.32. The Hall–Kier alpha value is -2.37. The molecule has 35 heavy (non-hydrogen) atoms. The number of aryl methyl sites for hydroxylation is 1. The van der Waals surface area contributed by atoms with Gasteiger partial charge in [-0.25, -0.2) is 0 Å². The van der Waals surface area contributed by atoms with Crippen molar-refractivity contribution >= 4 is 5.91 Å². The third kappa shape index (κ3) is 15.3. The van der Waals surface area contributed by atoms with Crippen LogP contribution < -0.4 is 10.1 Å². The molecule has 198 valence electrons. The van der Waals surface area contributed by atoms with E-state index in [9.17, 15) is 4.79 Å². The fourth-order valence-corrected chi connectivity index (χ4v) is 3.86. The van der Waals surface area contributed by atoms with Gasteiger partial charge in [0.2, 0.25) is 17.7 Å². The molecule has 6 nitrogen and oxygen atoms in total. The number of amides is 1. The summed E-state index contributed by atoms with van der Waals surface area (Å²) in [4.78, 5) is 12.0. The first kappa shape index (κ1) is 30.7. The van der Waals surface area contributed by atoms with Crippen molar-refractivity contribution in [2.75, 3.05) is 13.2 Å². The largest absolute Gasteiger partial charge is 0.492 e. The van der Waals surface area contributed by atoms with Crippen LogP contribution in [0.2, 0.25) is 0 Å². The zero-order valence-corrected chi connectivity index (χ0v) is 22.7. The first-order chi connectivity index (χ1) is 17.2. The minimum atomic E-state index is 0.115. The Balaban J connectivity index is 0.00000298. The number of carbonyl (C=O) groups is 1. The van der Waals surface area contributed by atoms with Crippen LogP contribution in [0.3, 0.4) is 0 Å². The van der Waals surface area contributed by atoms with E-state index in [1.54, 1.807) is 6.92 Å². The van der Waals surface area contributed by atoms with Gasteiger partial charge in [0.25, 0.3) is 0 Å². The minimum Gasteiger partial charge on any atom is -0.492 e. The number of hydrogen-bond acceptors (Lipinski definition) is 5. The van der Waals surface area contributed by atoms with Crippen molar-refractivity contribution < 1.29 is 13.9 Å². The first-order valence-corrected chi connectivity index (χ1v) is 14.0. The summed E-state index contributed by atoms with van der Waals surface area (Å²) in [6, 6.07) is 7.50. The van der Waals surface area contributed by atoms with Gasteiger partial charge in [-0.1, -0.05) is 97.8 Å². The number of hydrogen-bond donors (Lipinski definition) is 1. The molecule has 1 amide bonds. The molecule has 2 rings (SSSR count). The maximum absolute atomic E-state index is 12.0. The van der Waals surface area contributed by atoms with E-state index in [0.29, 0.717) is 31.4 Å². The summed E-state index contributed by atoms with van der Waals surface area (Å²) in [7, 11) is 0. The summed E-state index contributed by atoms with van der Waals surface area (Å²) in [5.74, 6) is 1.91. The van der Waals surface area contributed by atoms with Crippen LogP contribution in [0, 0.1) is 6.92 Å². The fourth-order valence-electron chi connectivity index (χ4n) is 3.86. The Labute approximate surface area is 213 Å². The highest BCUT2D eigenvalue weighted by Crippen LogP contribution is 2.21. The van der Waals surface area contributed by atoms with Gasteiger partial charge >= 0.3 is 0 Å². The van der Waals surface area contributed by atoms with Crippen LogP contribution in [0.25, 0.3) is 11.5 Å². The van der Waals surface area contributed by atoms with Gasteiger partial charge < -0.3 is 14.5 Å². The second-order valence-corrected chi connectivity index (χ2v) is 8.84. The SMILES string of the molecule is CC.CCCCCCCCCCCCCCCC(=O)NCCOc1ccc(-c2nnc(C)o2)cc1. The highest BCUT2D eigenvalue weighted by molar-refractivity contribution is 5.75. The number of aromatic nitrogens is 2. The summed E-state index contributed by atoms with van der Waals surface area (Å²) in [5, 5.41) is 10.8. The number of carbonyl (C=O) groups excluding carboxylic acids is 1. The van der Waals surface area contributed by atoms with Gasteiger partial charge in [-0.15, -0.1) is 10.2 Å². The molecule has 6 heteroatoms. The number of nitrogens with zero attached hydrogens (tertiary/aromatic N) is 2. The van der Waals surface area contributed by atoms with Crippen LogP contribution in [0.1, 0.15) is 117 Å². The normalized spacial score (nSPS) is 10.5. The summed E-state index contributed by atoms with van der Waals surface area (Å²) < 4.78 is 11.1. The Morgan fingerprint density at radius 3 is 1.89 bits per heavy atom. The van der Waals surface area contributed by atoms with Crippen molar-refractivity contribution in [1.82, 2.24) is 15.5 Å². The lowest BCUT2D eigenvalue weighted by molar-refractivity contribution is -0.121. The number of ether oxygens (including phenoxy) is 1. The third-order valence-corrected chi connectivity index (χ3v) is 5.83. The van der Waals surface area contributed by atoms with E-state index < -0.39 is 0 Å². The first-order valence-electron chi connectivity index (χ1n) is 14.0. The molecule has 0 aliphatic rings. The van der Waals surface area contributed by atoms with Crippen LogP contribution in [-0.4, -0.2) is 29.3 Å². The van der Waals surface area contributed by atoms with Crippen LogP contribution in [0.5, 0.6) is 5.75 Å². The highest BCUT2D eigenvalue weighted by atomic mass is 16.5. The summed E-state index contributed by atoms with van der Waals surface area (Å²) in [6.45, 7) is 9.00. The average molecular weight is 488 g/mol. The minimum absolute atomic E-state index is 0.115. The molecule has 2 aromatic rings. The molecule has 0 unspecified atom stereocenters. The van der Waals surface area contributed by atoms with Gasteiger partial charge in [0.05, 0.1) is 6.54 Å². The number of unbranched alkanes of at least 4 members (excludes halogenated alkanes) is 12. The molecular formula is C29H49N3O3. The lowest BCUT2D eigenvalue weighted by Gasteiger charge is -2.08. The molecule has 0 aliphatic carbocycles. The fraction of sp³-hybridized carbons (Fsp3) is 0.690. The quantitative estimate of drug-likeness (QED) is 0.203. The Kier molecular flexibility index (Phi) is 18.4. The molecule has 0 radical (unpaired) electrons. The lowest BCUT2D eigenvalue weighted by atomic mass is 10.0. The smallest absolute Gasteiger partial charge is 0.247 e. The zero-order valence-electron chi connectivity index (χ0n) is 22.7. The molecule has 0 saturated carbocycles. The van der Waals surface area contributed by atoms with Gasteiger partial charge in [0, 0.05) is 18.9 Å². The summed E-state index contributed by atoms with van der Waals surface area (Å²) in [5.41, 5.74) is 0.856. The molecular weight excluding hydrogens is 438 g/mol. The van der Waals surface area contributed by atoms with Crippen LogP contribution >= 0.6 is 0 Å². The Morgan fingerprint density at radius 2 is 1.37 bits per heavy atom. The van der Waals surface area contributed by atoms with E-state index in [-0.39, 0.29) is 5.91 Å². The Bertz CT molecular complexity index is 759. The maximum Gasteiger partial charge on any atom is 0.247 e. The van der Waals surface area contributed by atoms with Crippen molar-refractivity contribution in [3.8, 4) is 17.2 Å². The van der Waals surface area contributed by atoms with Crippen molar-refractivity contribution in [1.29, 1.82) is 0 Å². The molecule has 0 atom stereocenters. The molecule has 1 N–H and O–H groups in total. The molecule has 1 aromatic carbocycles. The second-order valence-electron chi connectivity index (χ2n) is 8.84. The van der Waals surface area contributed by atoms with E-state index in [4.69, 9.17) is 9.15 Å². The molecule has 0 saturated heterocycles. The lowest BCUT2D eigenvalue weighted by Crippen LogP contribution is -2.27. The molecule has 0 fully saturated rings. The molecule has 0 spiro atoms. The van der Waals surface area contributed by atoms with Gasteiger partial charge in [-0.3, -0.25) is 4.79 Å². The van der Waals surface area contributed by atoms with E-state index in [2.05, 4.69) is 22.4 Å². The molecule has 1 aromatic heterocycles. The maximum atomic E-state index is 12.0. The predicted molar refractivity (Wildman–Crippen MR) is 145 cm³/mol. The number of rotatable bonds is 19. The van der Waals surface area contributed by atoms with Crippen molar-refractivity contribution in [2.24, 2.45) is 0 Å². The van der Waals surface area contributed by atoms with Crippen LogP contribution in [-0.2, 0) is 4.79 Å². The van der Waals surface area contributed by atoms with Crippen LogP contribution in [0.15, 0.2) is 28.7 Å². The van der Waals surface area contributed by atoms with E-state index in [1.807, 2.05) is 38.1 Å². The van der Waals surface area contributed by atoms with Crippen molar-refractivity contribution in [2.45, 2.75) is 118 Å². The van der Waals surface area contributed by atoms with Gasteiger partial charge in [0.15, 0.2) is 0 Å². The molecule has 0 aliphatic heterocycles. The number of benzene rings is 1. The van der Waals surface area contributed by atoms with Crippen molar-refractivity contribution in [3.05, 3.63) is 30.2 Å². The van der Waals surface area contributed by atoms with Gasteiger partial charge in [-0.2, -0.15) is 0 Å². The monoisotopic (exact) mass is 487 g/mol. The van der Waals surface area contributed by atoms with E-state index in [0.717, 1.165) is 24.2 Å². The van der Waals surface area contributed by atoms with E-state index >= 15 is 0 Å². The molecule has 1 heterocycles. The highest BCUT2D eigenvalue weighted by Gasteiger charge is 2.06. The van der Waals surface area contributed by atoms with Crippen LogP contribution in [0.4, 0.5) is 0 Å². The number of nitrogens with one attached hydrogen (secondary N) is 1. The van der Waals surface area contributed by atoms with E-state index in [1.165, 1.54) is 70.6 Å². The molecule has 0 bridgehead atoms. The zero-order chi connectivity index (χ0) is 25.6. The second kappa shape index (κ2) is 21.0. The third-order valence-electron chi connectivity index (χ3n) is 5.83. The van der Waals surface area contributed by atoms with Gasteiger partial charge in [-0.05, 0) is 30.7 Å². The standard InChI is InChI=1S/C27H43N3O3.C2H6/c1-3-4-5-6-7-8-9-10-11-12-13-14-15-16-26(31)28-21-22-32-25-19-17-24(18-20-25)27-30-29-23(2)33-27;1-2/h17-20H,3-16,21-22H2,1-2H3,(H,28,31);1-2H3. The van der Waals surface area contributed by atoms with Crippen molar-refractivity contribution in [3.63, 3.8) is 0 Å². The predicted octanol–water partition coefficient (Wildman–Crippen LogP) is 8.05. The topological polar surface area (TPSA) is 77.2 Å². The summed E-state index contributed by atoms with van der Waals surface area (Å²) >= 11 is 0.